The van der Waals surface area contributed by atoms with E-state index < -0.39 is 11.9 Å². The van der Waals surface area contributed by atoms with Gasteiger partial charge in [-0.25, -0.2) is 4.39 Å². The number of nitriles is 1. The Hall–Kier alpha value is -1.76. The number of hydrogen-bond acceptors (Lipinski definition) is 2. The third kappa shape index (κ3) is 3.37. The predicted octanol–water partition coefficient (Wildman–Crippen LogP) is 4.81. The summed E-state index contributed by atoms with van der Waals surface area (Å²) in [5.41, 5.74) is 0.937. The van der Waals surface area contributed by atoms with Gasteiger partial charge in [0.05, 0.1) is 6.07 Å². The van der Waals surface area contributed by atoms with Crippen LogP contribution in [0.3, 0.4) is 0 Å². The zero-order chi connectivity index (χ0) is 13.8. The Kier molecular flexibility index (Phi) is 4.26. The summed E-state index contributed by atoms with van der Waals surface area (Å²) in [7, 11) is 0. The molecule has 2 rings (SSSR count). The standard InChI is InChI=1S/C14H9Cl2FN2/c15-9-1-4-11(5-2-9)19-14(8-18)12-6-3-10(16)7-13(12)17/h1-7,14,19H. The smallest absolute Gasteiger partial charge is 0.143 e. The van der Waals surface area contributed by atoms with Gasteiger partial charge in [0.25, 0.3) is 0 Å². The van der Waals surface area contributed by atoms with Crippen LogP contribution in [-0.2, 0) is 0 Å². The second-order valence-corrected chi connectivity index (χ2v) is 4.75. The molecule has 2 aromatic rings. The molecule has 0 saturated carbocycles. The number of halogens is 3. The molecular weight excluding hydrogens is 286 g/mol. The lowest BCUT2D eigenvalue weighted by Gasteiger charge is -2.14. The molecule has 0 radical (unpaired) electrons. The molecule has 1 unspecified atom stereocenters. The number of hydrogen-bond donors (Lipinski definition) is 1. The van der Waals surface area contributed by atoms with Gasteiger partial charge in [-0.05, 0) is 36.4 Å². The number of anilines is 1. The van der Waals surface area contributed by atoms with E-state index in [0.29, 0.717) is 15.7 Å². The van der Waals surface area contributed by atoms with Gasteiger partial charge >= 0.3 is 0 Å². The van der Waals surface area contributed by atoms with E-state index in [4.69, 9.17) is 28.5 Å². The minimum atomic E-state index is -0.793. The van der Waals surface area contributed by atoms with Crippen molar-refractivity contribution in [1.82, 2.24) is 0 Å². The summed E-state index contributed by atoms with van der Waals surface area (Å²) in [6.07, 6.45) is 0. The van der Waals surface area contributed by atoms with Crippen molar-refractivity contribution in [1.29, 1.82) is 5.26 Å². The third-order valence-corrected chi connectivity index (χ3v) is 3.04. The molecule has 1 N–H and O–H groups in total. The molecule has 0 aliphatic heterocycles. The monoisotopic (exact) mass is 294 g/mol. The number of nitrogens with one attached hydrogen (secondary N) is 1. The third-order valence-electron chi connectivity index (χ3n) is 2.56. The van der Waals surface area contributed by atoms with E-state index in [-0.39, 0.29) is 5.56 Å². The fraction of sp³-hybridized carbons (Fsp3) is 0.0714. The van der Waals surface area contributed by atoms with E-state index in [1.807, 2.05) is 6.07 Å². The Bertz CT molecular complexity index is 620. The molecule has 0 fully saturated rings. The highest BCUT2D eigenvalue weighted by Gasteiger charge is 2.15. The van der Waals surface area contributed by atoms with Gasteiger partial charge < -0.3 is 5.32 Å². The second kappa shape index (κ2) is 5.92. The summed E-state index contributed by atoms with van der Waals surface area (Å²) < 4.78 is 13.8. The molecule has 0 aromatic heterocycles. The Labute approximate surface area is 120 Å². The molecule has 2 aromatic carbocycles. The zero-order valence-corrected chi connectivity index (χ0v) is 11.2. The van der Waals surface area contributed by atoms with Crippen molar-refractivity contribution >= 4 is 28.9 Å². The van der Waals surface area contributed by atoms with Gasteiger partial charge in [-0.3, -0.25) is 0 Å². The summed E-state index contributed by atoms with van der Waals surface area (Å²) in [6.45, 7) is 0. The van der Waals surface area contributed by atoms with Crippen LogP contribution in [0.1, 0.15) is 11.6 Å². The van der Waals surface area contributed by atoms with Gasteiger partial charge in [0.2, 0.25) is 0 Å². The average molecular weight is 295 g/mol. The van der Waals surface area contributed by atoms with E-state index in [1.54, 1.807) is 30.3 Å². The van der Waals surface area contributed by atoms with E-state index >= 15 is 0 Å². The fourth-order valence-corrected chi connectivity index (χ4v) is 1.91. The van der Waals surface area contributed by atoms with Crippen molar-refractivity contribution in [2.45, 2.75) is 6.04 Å². The largest absolute Gasteiger partial charge is 0.366 e. The van der Waals surface area contributed by atoms with Crippen LogP contribution in [0.2, 0.25) is 10.0 Å². The molecule has 96 valence electrons. The zero-order valence-electron chi connectivity index (χ0n) is 9.70. The van der Waals surface area contributed by atoms with Crippen LogP contribution in [0.5, 0.6) is 0 Å². The number of nitrogens with zero attached hydrogens (tertiary/aromatic N) is 1. The Morgan fingerprint density at radius 2 is 1.68 bits per heavy atom. The highest BCUT2D eigenvalue weighted by Crippen LogP contribution is 2.24. The molecule has 0 heterocycles. The van der Waals surface area contributed by atoms with E-state index in [0.717, 1.165) is 0 Å². The summed E-state index contributed by atoms with van der Waals surface area (Å²) in [5, 5.41) is 13.0. The Morgan fingerprint density at radius 1 is 1.05 bits per heavy atom. The topological polar surface area (TPSA) is 35.8 Å². The van der Waals surface area contributed by atoms with Crippen LogP contribution in [0, 0.1) is 17.1 Å². The van der Waals surface area contributed by atoms with E-state index in [2.05, 4.69) is 5.32 Å². The quantitative estimate of drug-likeness (QED) is 0.882. The number of benzene rings is 2. The van der Waals surface area contributed by atoms with Gasteiger partial charge in [-0.1, -0.05) is 29.3 Å². The van der Waals surface area contributed by atoms with Crippen molar-refractivity contribution in [3.63, 3.8) is 0 Å². The van der Waals surface area contributed by atoms with Gasteiger partial charge in [-0.2, -0.15) is 5.26 Å². The molecule has 0 aliphatic carbocycles. The second-order valence-electron chi connectivity index (χ2n) is 3.88. The van der Waals surface area contributed by atoms with Crippen LogP contribution < -0.4 is 5.32 Å². The predicted molar refractivity (Wildman–Crippen MR) is 74.8 cm³/mol. The van der Waals surface area contributed by atoms with E-state index in [9.17, 15) is 4.39 Å². The first-order valence-corrected chi connectivity index (χ1v) is 6.22. The molecule has 0 amide bonds. The Morgan fingerprint density at radius 3 is 2.26 bits per heavy atom. The molecule has 0 spiro atoms. The highest BCUT2D eigenvalue weighted by atomic mass is 35.5. The summed E-state index contributed by atoms with van der Waals surface area (Å²) in [4.78, 5) is 0. The lowest BCUT2D eigenvalue weighted by atomic mass is 10.1. The van der Waals surface area contributed by atoms with Crippen LogP contribution in [0.25, 0.3) is 0 Å². The Balaban J connectivity index is 2.25. The van der Waals surface area contributed by atoms with Gasteiger partial charge in [0, 0.05) is 21.3 Å². The van der Waals surface area contributed by atoms with Crippen molar-refractivity contribution in [3.05, 3.63) is 63.9 Å². The minimum Gasteiger partial charge on any atom is -0.366 e. The SMILES string of the molecule is N#CC(Nc1ccc(Cl)cc1)c1ccc(Cl)cc1F. The van der Waals surface area contributed by atoms with Crippen molar-refractivity contribution in [2.75, 3.05) is 5.32 Å². The molecule has 0 bridgehead atoms. The molecule has 0 aliphatic rings. The van der Waals surface area contributed by atoms with Gasteiger partial charge in [-0.15, -0.1) is 0 Å². The van der Waals surface area contributed by atoms with Gasteiger partial charge in [0.15, 0.2) is 0 Å². The first kappa shape index (κ1) is 13.7. The molecule has 19 heavy (non-hydrogen) atoms. The van der Waals surface area contributed by atoms with Crippen LogP contribution >= 0.6 is 23.2 Å². The van der Waals surface area contributed by atoms with Crippen molar-refractivity contribution in [3.8, 4) is 6.07 Å². The lowest BCUT2D eigenvalue weighted by molar-refractivity contribution is 0.607. The van der Waals surface area contributed by atoms with Crippen LogP contribution in [-0.4, -0.2) is 0 Å². The van der Waals surface area contributed by atoms with Crippen molar-refractivity contribution in [2.24, 2.45) is 0 Å². The fourth-order valence-electron chi connectivity index (χ4n) is 1.63. The normalized spacial score (nSPS) is 11.7. The molecule has 1 atom stereocenters. The van der Waals surface area contributed by atoms with Crippen LogP contribution in [0.15, 0.2) is 42.5 Å². The highest BCUT2D eigenvalue weighted by molar-refractivity contribution is 6.30. The van der Waals surface area contributed by atoms with E-state index in [1.165, 1.54) is 12.1 Å². The van der Waals surface area contributed by atoms with Crippen molar-refractivity contribution < 1.29 is 4.39 Å². The van der Waals surface area contributed by atoms with Gasteiger partial charge in [0.1, 0.15) is 11.9 Å². The summed E-state index contributed by atoms with van der Waals surface area (Å²) >= 11 is 11.5. The maximum Gasteiger partial charge on any atom is 0.143 e. The maximum atomic E-state index is 13.8. The lowest BCUT2D eigenvalue weighted by Crippen LogP contribution is -2.10. The minimum absolute atomic E-state index is 0.252. The van der Waals surface area contributed by atoms with Crippen LogP contribution in [0.4, 0.5) is 10.1 Å². The summed E-state index contributed by atoms with van der Waals surface area (Å²) in [5.74, 6) is -0.513. The molecular formula is C14H9Cl2FN2. The summed E-state index contributed by atoms with van der Waals surface area (Å²) in [6, 6.07) is 12.3. The maximum absolute atomic E-state index is 13.8. The first-order valence-electron chi connectivity index (χ1n) is 5.47. The average Bonchev–Trinajstić information content (AvgIpc) is 2.39. The molecule has 5 heteroatoms. The number of rotatable bonds is 3. The molecule has 0 saturated heterocycles. The molecule has 2 nitrogen and oxygen atoms in total. The first-order chi connectivity index (χ1) is 9.10.